The SMILES string of the molecule is C[C@H](CO)N1C(=O)[C@@H]2[C@H]3C(=O)OCCC/C=C\[C@@]3(C)S[C@@]23C=CCN(C(C)(C)CC(C)(C)C)C(=O)C13. The van der Waals surface area contributed by atoms with E-state index in [9.17, 15) is 19.5 Å². The lowest BCUT2D eigenvalue weighted by Crippen LogP contribution is -2.60. The fourth-order valence-corrected chi connectivity index (χ4v) is 9.21. The van der Waals surface area contributed by atoms with E-state index in [0.29, 0.717) is 13.2 Å². The topological polar surface area (TPSA) is 87.2 Å². The van der Waals surface area contributed by atoms with E-state index in [4.69, 9.17) is 4.74 Å². The van der Waals surface area contributed by atoms with Gasteiger partial charge in [0.15, 0.2) is 0 Å². The first-order chi connectivity index (χ1) is 16.7. The van der Waals surface area contributed by atoms with Gasteiger partial charge in [-0.2, -0.15) is 0 Å². The fourth-order valence-electron chi connectivity index (χ4n) is 7.07. The van der Waals surface area contributed by atoms with E-state index >= 15 is 0 Å². The van der Waals surface area contributed by atoms with Gasteiger partial charge in [0.2, 0.25) is 11.8 Å². The van der Waals surface area contributed by atoms with Crippen LogP contribution in [0.2, 0.25) is 0 Å². The van der Waals surface area contributed by atoms with Gasteiger partial charge in [0.25, 0.3) is 0 Å². The minimum Gasteiger partial charge on any atom is -0.465 e. The summed E-state index contributed by atoms with van der Waals surface area (Å²) in [5.41, 5.74) is -0.455. The maximum atomic E-state index is 14.5. The summed E-state index contributed by atoms with van der Waals surface area (Å²) in [5.74, 6) is -2.20. The van der Waals surface area contributed by atoms with Crippen molar-refractivity contribution in [1.29, 1.82) is 0 Å². The van der Waals surface area contributed by atoms with Crippen molar-refractivity contribution in [2.24, 2.45) is 17.3 Å². The molecule has 0 aromatic carbocycles. The van der Waals surface area contributed by atoms with Gasteiger partial charge in [-0.25, -0.2) is 0 Å². The lowest BCUT2D eigenvalue weighted by atomic mass is 9.74. The van der Waals surface area contributed by atoms with Crippen molar-refractivity contribution in [2.45, 2.75) is 94.8 Å². The fraction of sp³-hybridized carbons (Fsp3) is 0.750. The minimum atomic E-state index is -0.924. The van der Waals surface area contributed by atoms with E-state index in [-0.39, 0.29) is 29.8 Å². The molecule has 1 unspecified atom stereocenters. The summed E-state index contributed by atoms with van der Waals surface area (Å²) in [7, 11) is 0. The Hall–Kier alpha value is -1.80. The standard InChI is InChI=1S/C28H42N2O5S/c1-18(16-31)30-21-23(33)29(26(5,6)17-25(2,3)4)14-11-13-28(21)19(22(30)32)20-24(34)35-15-10-8-9-12-27(20,7)36-28/h9,11-13,18-21,31H,8,10,14-17H2,1-7H3/b12-9-/t18-,19+,20+,21?,27-,28+/m1/s1. The maximum Gasteiger partial charge on any atom is 0.311 e. The summed E-state index contributed by atoms with van der Waals surface area (Å²) in [4.78, 5) is 45.6. The van der Waals surface area contributed by atoms with Gasteiger partial charge in [0.05, 0.1) is 35.8 Å². The summed E-state index contributed by atoms with van der Waals surface area (Å²) in [5, 5.41) is 10.1. The maximum absolute atomic E-state index is 14.5. The summed E-state index contributed by atoms with van der Waals surface area (Å²) in [6.45, 7) is 14.9. The second kappa shape index (κ2) is 9.19. The molecular weight excluding hydrogens is 476 g/mol. The number of hydrogen-bond acceptors (Lipinski definition) is 6. The molecule has 2 fully saturated rings. The van der Waals surface area contributed by atoms with Gasteiger partial charge in [-0.15, -0.1) is 11.8 Å². The van der Waals surface area contributed by atoms with E-state index in [1.54, 1.807) is 23.6 Å². The number of esters is 1. The average molecular weight is 519 g/mol. The van der Waals surface area contributed by atoms with Gasteiger partial charge in [-0.3, -0.25) is 14.4 Å². The van der Waals surface area contributed by atoms with Gasteiger partial charge in [-0.05, 0) is 52.4 Å². The number of cyclic esters (lactones) is 1. The molecule has 4 aliphatic rings. The van der Waals surface area contributed by atoms with Crippen LogP contribution in [-0.4, -0.2) is 79.6 Å². The van der Waals surface area contributed by atoms with Gasteiger partial charge in [-0.1, -0.05) is 45.1 Å². The summed E-state index contributed by atoms with van der Waals surface area (Å²) in [6, 6.07) is -1.36. The van der Waals surface area contributed by atoms with Gasteiger partial charge in [0, 0.05) is 16.8 Å². The molecule has 200 valence electrons. The molecule has 4 heterocycles. The second-order valence-electron chi connectivity index (χ2n) is 12.9. The highest BCUT2D eigenvalue weighted by molar-refractivity contribution is 8.02. The van der Waals surface area contributed by atoms with Crippen LogP contribution in [0, 0.1) is 17.3 Å². The number of carbonyl (C=O) groups is 3. The van der Waals surface area contributed by atoms with Crippen LogP contribution in [0.25, 0.3) is 0 Å². The Bertz CT molecular complexity index is 985. The van der Waals surface area contributed by atoms with E-state index in [1.165, 1.54) is 0 Å². The quantitative estimate of drug-likeness (QED) is 0.452. The Morgan fingerprint density at radius 1 is 1.11 bits per heavy atom. The molecule has 7 nitrogen and oxygen atoms in total. The van der Waals surface area contributed by atoms with Crippen LogP contribution >= 0.6 is 11.8 Å². The lowest BCUT2D eigenvalue weighted by Gasteiger charge is -2.45. The highest BCUT2D eigenvalue weighted by Gasteiger charge is 2.74. The summed E-state index contributed by atoms with van der Waals surface area (Å²) >= 11 is 1.55. The third kappa shape index (κ3) is 4.32. The Morgan fingerprint density at radius 3 is 2.44 bits per heavy atom. The van der Waals surface area contributed by atoms with Crippen molar-refractivity contribution < 1.29 is 24.2 Å². The summed E-state index contributed by atoms with van der Waals surface area (Å²) < 4.78 is 4.04. The average Bonchev–Trinajstić information content (AvgIpc) is 3.11. The van der Waals surface area contributed by atoms with Crippen molar-refractivity contribution in [1.82, 2.24) is 9.80 Å². The number of thioether (sulfide) groups is 1. The van der Waals surface area contributed by atoms with Crippen molar-refractivity contribution in [3.8, 4) is 0 Å². The van der Waals surface area contributed by atoms with E-state index in [1.807, 2.05) is 24.0 Å². The molecular formula is C28H42N2O5S. The first-order valence-corrected chi connectivity index (χ1v) is 14.0. The smallest absolute Gasteiger partial charge is 0.311 e. The second-order valence-corrected chi connectivity index (χ2v) is 14.7. The monoisotopic (exact) mass is 518 g/mol. The third-order valence-corrected chi connectivity index (χ3v) is 9.92. The first kappa shape index (κ1) is 27.2. The zero-order valence-electron chi connectivity index (χ0n) is 22.7. The minimum absolute atomic E-state index is 0.00230. The number of rotatable bonds is 4. The molecule has 1 spiro atoms. The molecule has 0 radical (unpaired) electrons. The van der Waals surface area contributed by atoms with Crippen LogP contribution in [0.1, 0.15) is 67.7 Å². The number of aliphatic hydroxyl groups excluding tert-OH is 1. The van der Waals surface area contributed by atoms with Gasteiger partial charge < -0.3 is 19.6 Å². The van der Waals surface area contributed by atoms with Crippen LogP contribution in [0.15, 0.2) is 24.3 Å². The van der Waals surface area contributed by atoms with Crippen molar-refractivity contribution in [2.75, 3.05) is 19.8 Å². The first-order valence-electron chi connectivity index (χ1n) is 13.2. The van der Waals surface area contributed by atoms with Crippen LogP contribution in [0.5, 0.6) is 0 Å². The zero-order chi connectivity index (χ0) is 26.7. The Labute approximate surface area is 219 Å². The molecule has 6 atom stereocenters. The molecule has 0 bridgehead atoms. The largest absolute Gasteiger partial charge is 0.465 e. The third-order valence-electron chi connectivity index (χ3n) is 8.12. The number of fused-ring (bicyclic) bond motifs is 2. The predicted molar refractivity (Wildman–Crippen MR) is 141 cm³/mol. The van der Waals surface area contributed by atoms with Crippen LogP contribution < -0.4 is 0 Å². The molecule has 2 amide bonds. The van der Waals surface area contributed by atoms with Gasteiger partial charge >= 0.3 is 5.97 Å². The zero-order valence-corrected chi connectivity index (χ0v) is 23.6. The lowest BCUT2D eigenvalue weighted by molar-refractivity contribution is -0.154. The van der Waals surface area contributed by atoms with Crippen molar-refractivity contribution in [3.05, 3.63) is 24.3 Å². The number of nitrogens with zero attached hydrogens (tertiary/aromatic N) is 2. The molecule has 2 saturated heterocycles. The van der Waals surface area contributed by atoms with Gasteiger partial charge in [0.1, 0.15) is 6.04 Å². The normalized spacial score (nSPS) is 36.8. The summed E-state index contributed by atoms with van der Waals surface area (Å²) in [6.07, 6.45) is 10.5. The van der Waals surface area contributed by atoms with Crippen molar-refractivity contribution >= 4 is 29.5 Å². The number of hydrogen-bond donors (Lipinski definition) is 1. The Balaban J connectivity index is 1.87. The Morgan fingerprint density at radius 2 is 1.81 bits per heavy atom. The predicted octanol–water partition coefficient (Wildman–Crippen LogP) is 3.56. The van der Waals surface area contributed by atoms with Crippen LogP contribution in [0.4, 0.5) is 0 Å². The molecule has 0 aromatic heterocycles. The molecule has 0 aromatic rings. The number of ether oxygens (including phenoxy) is 1. The van der Waals surface area contributed by atoms with E-state index in [2.05, 4.69) is 46.8 Å². The van der Waals surface area contributed by atoms with E-state index < -0.39 is 39.0 Å². The molecule has 0 saturated carbocycles. The highest BCUT2D eigenvalue weighted by Crippen LogP contribution is 2.65. The van der Waals surface area contributed by atoms with Crippen LogP contribution in [-0.2, 0) is 19.1 Å². The number of aliphatic hydroxyl groups is 1. The molecule has 0 aliphatic carbocycles. The number of carbonyl (C=O) groups excluding carboxylic acids is 3. The Kier molecular flexibility index (Phi) is 6.95. The van der Waals surface area contributed by atoms with Crippen LogP contribution in [0.3, 0.4) is 0 Å². The number of likely N-dealkylation sites (tertiary alicyclic amines) is 1. The molecule has 4 aliphatic heterocycles. The molecule has 36 heavy (non-hydrogen) atoms. The van der Waals surface area contributed by atoms with E-state index in [0.717, 1.165) is 19.3 Å². The molecule has 4 rings (SSSR count). The highest BCUT2D eigenvalue weighted by atomic mass is 32.2. The molecule has 1 N–H and O–H groups in total. The van der Waals surface area contributed by atoms with Crippen molar-refractivity contribution in [3.63, 3.8) is 0 Å². The molecule has 8 heteroatoms. The number of amides is 2. The number of allylic oxidation sites excluding steroid dienone is 1.